The van der Waals surface area contributed by atoms with Crippen LogP contribution in [-0.2, 0) is 0 Å². The molecule has 18 heavy (non-hydrogen) atoms. The second kappa shape index (κ2) is 6.85. The average Bonchev–Trinajstić information content (AvgIpc) is 2.34. The fourth-order valence-electron chi connectivity index (χ4n) is 1.38. The number of carbonyl (C=O) groups excluding carboxylic acids is 1. The summed E-state index contributed by atoms with van der Waals surface area (Å²) in [6.07, 6.45) is 2.75. The van der Waals surface area contributed by atoms with E-state index in [1.54, 1.807) is 11.8 Å². The number of thioether (sulfide) groups is 1. The number of nitrogens with one attached hydrogen (secondary N) is 1. The highest BCUT2D eigenvalue weighted by Gasteiger charge is 2.20. The summed E-state index contributed by atoms with van der Waals surface area (Å²) in [5.41, 5.74) is -0.431. The van der Waals surface area contributed by atoms with Crippen molar-refractivity contribution in [2.45, 2.75) is 6.42 Å². The summed E-state index contributed by atoms with van der Waals surface area (Å²) in [6, 6.07) is 3.40. The molecule has 0 atom stereocenters. The van der Waals surface area contributed by atoms with Crippen molar-refractivity contribution >= 4 is 23.4 Å². The minimum absolute atomic E-state index is 0.121. The molecule has 1 amide bonds. The Balaban J connectivity index is 2.77. The van der Waals surface area contributed by atoms with E-state index >= 15 is 0 Å². The van der Waals surface area contributed by atoms with Gasteiger partial charge in [-0.1, -0.05) is 0 Å². The van der Waals surface area contributed by atoms with Crippen LogP contribution >= 0.6 is 11.8 Å². The number of rotatable bonds is 6. The van der Waals surface area contributed by atoms with E-state index in [0.29, 0.717) is 6.54 Å². The topological polar surface area (TPSA) is 92.5 Å². The van der Waals surface area contributed by atoms with Crippen LogP contribution in [0.25, 0.3) is 0 Å². The van der Waals surface area contributed by atoms with Gasteiger partial charge in [-0.3, -0.25) is 14.9 Å². The van der Waals surface area contributed by atoms with Crippen LogP contribution in [0.3, 0.4) is 0 Å². The van der Waals surface area contributed by atoms with E-state index in [9.17, 15) is 20.0 Å². The van der Waals surface area contributed by atoms with Gasteiger partial charge in [-0.25, -0.2) is 0 Å². The van der Waals surface area contributed by atoms with E-state index in [1.807, 2.05) is 6.26 Å². The fraction of sp³-hybridized carbons (Fsp3) is 0.364. The maximum absolute atomic E-state index is 11.8. The molecule has 0 radical (unpaired) electrons. The second-order valence-corrected chi connectivity index (χ2v) is 4.55. The van der Waals surface area contributed by atoms with Gasteiger partial charge in [-0.15, -0.1) is 0 Å². The number of nitrogens with zero attached hydrogens (tertiary/aromatic N) is 1. The summed E-state index contributed by atoms with van der Waals surface area (Å²) in [5, 5.41) is 22.6. The van der Waals surface area contributed by atoms with Crippen LogP contribution in [0, 0.1) is 10.1 Å². The number of nitro benzene ring substituents is 1. The van der Waals surface area contributed by atoms with Crippen LogP contribution in [-0.4, -0.2) is 34.5 Å². The molecule has 0 aromatic heterocycles. The lowest BCUT2D eigenvalue weighted by Crippen LogP contribution is -2.25. The lowest BCUT2D eigenvalue weighted by Gasteiger charge is -2.05. The molecule has 0 fully saturated rings. The van der Waals surface area contributed by atoms with Crippen LogP contribution in [0.4, 0.5) is 5.69 Å². The Kier molecular flexibility index (Phi) is 5.44. The largest absolute Gasteiger partial charge is 0.508 e. The monoisotopic (exact) mass is 270 g/mol. The van der Waals surface area contributed by atoms with Crippen molar-refractivity contribution in [2.24, 2.45) is 0 Å². The van der Waals surface area contributed by atoms with Crippen LogP contribution in [0.15, 0.2) is 18.2 Å². The van der Waals surface area contributed by atoms with Gasteiger partial charge in [-0.05, 0) is 30.6 Å². The third-order valence-electron chi connectivity index (χ3n) is 2.23. The lowest BCUT2D eigenvalue weighted by atomic mass is 10.1. The zero-order valence-corrected chi connectivity index (χ0v) is 10.7. The van der Waals surface area contributed by atoms with Gasteiger partial charge in [0.15, 0.2) is 0 Å². The summed E-state index contributed by atoms with van der Waals surface area (Å²) >= 11 is 1.66. The van der Waals surface area contributed by atoms with Crippen molar-refractivity contribution in [1.82, 2.24) is 5.32 Å². The number of carbonyl (C=O) groups is 1. The highest BCUT2D eigenvalue weighted by Crippen LogP contribution is 2.23. The Bertz CT molecular complexity index is 451. The Labute approximate surface area is 109 Å². The molecule has 0 saturated carbocycles. The molecule has 0 saturated heterocycles. The Morgan fingerprint density at radius 2 is 2.28 bits per heavy atom. The van der Waals surface area contributed by atoms with Gasteiger partial charge < -0.3 is 10.4 Å². The predicted octanol–water partition coefficient (Wildman–Crippen LogP) is 1.78. The zero-order chi connectivity index (χ0) is 13.5. The van der Waals surface area contributed by atoms with Crippen LogP contribution in [0.1, 0.15) is 16.8 Å². The van der Waals surface area contributed by atoms with E-state index in [4.69, 9.17) is 0 Å². The van der Waals surface area contributed by atoms with Gasteiger partial charge in [0.25, 0.3) is 11.6 Å². The molecule has 1 rings (SSSR count). The van der Waals surface area contributed by atoms with Gasteiger partial charge in [-0.2, -0.15) is 11.8 Å². The molecular formula is C11H14N2O4S. The molecule has 0 unspecified atom stereocenters. The average molecular weight is 270 g/mol. The maximum Gasteiger partial charge on any atom is 0.282 e. The maximum atomic E-state index is 11.8. The number of nitro groups is 1. The first-order valence-electron chi connectivity index (χ1n) is 5.30. The molecule has 0 heterocycles. The van der Waals surface area contributed by atoms with Gasteiger partial charge in [0.2, 0.25) is 0 Å². The number of hydrogen-bond acceptors (Lipinski definition) is 5. The summed E-state index contributed by atoms with van der Waals surface area (Å²) in [5.74, 6) is 0.191. The second-order valence-electron chi connectivity index (χ2n) is 3.56. The first-order valence-corrected chi connectivity index (χ1v) is 6.70. The molecule has 2 N–H and O–H groups in total. The van der Waals surface area contributed by atoms with Gasteiger partial charge in [0.05, 0.1) is 4.92 Å². The number of hydrogen-bond donors (Lipinski definition) is 2. The molecule has 1 aromatic rings. The van der Waals surface area contributed by atoms with E-state index in [0.717, 1.165) is 24.3 Å². The summed E-state index contributed by atoms with van der Waals surface area (Å²) in [7, 11) is 0. The molecule has 0 bridgehead atoms. The Morgan fingerprint density at radius 3 is 2.89 bits per heavy atom. The molecule has 98 valence electrons. The molecule has 0 aliphatic heterocycles. The molecule has 6 nitrogen and oxygen atoms in total. The van der Waals surface area contributed by atoms with E-state index in [-0.39, 0.29) is 17.0 Å². The predicted molar refractivity (Wildman–Crippen MR) is 70.1 cm³/mol. The number of phenolic OH excluding ortho intramolecular Hbond substituents is 1. The summed E-state index contributed by atoms with van der Waals surface area (Å²) in [6.45, 7) is 0.451. The Morgan fingerprint density at radius 1 is 1.56 bits per heavy atom. The first kappa shape index (κ1) is 14.3. The zero-order valence-electron chi connectivity index (χ0n) is 9.88. The normalized spacial score (nSPS) is 10.1. The number of phenols is 1. The Hall–Kier alpha value is -1.76. The van der Waals surface area contributed by atoms with Crippen molar-refractivity contribution in [3.63, 3.8) is 0 Å². The fourth-order valence-corrected chi connectivity index (χ4v) is 1.81. The summed E-state index contributed by atoms with van der Waals surface area (Å²) < 4.78 is 0. The SMILES string of the molecule is CSCCCNC(=O)c1cc(O)ccc1[N+](=O)[O-]. The molecule has 0 aliphatic carbocycles. The lowest BCUT2D eigenvalue weighted by molar-refractivity contribution is -0.385. The van der Waals surface area contributed by atoms with Gasteiger partial charge >= 0.3 is 0 Å². The molecular weight excluding hydrogens is 256 g/mol. The van der Waals surface area contributed by atoms with Gasteiger partial charge in [0, 0.05) is 12.6 Å². The smallest absolute Gasteiger partial charge is 0.282 e. The van der Waals surface area contributed by atoms with Crippen molar-refractivity contribution < 1.29 is 14.8 Å². The minimum Gasteiger partial charge on any atom is -0.508 e. The van der Waals surface area contributed by atoms with Crippen LogP contribution in [0.2, 0.25) is 0 Å². The van der Waals surface area contributed by atoms with Crippen LogP contribution in [0.5, 0.6) is 5.75 Å². The standard InChI is InChI=1S/C11H14N2O4S/c1-18-6-2-5-12-11(15)9-7-8(14)3-4-10(9)13(16)17/h3-4,7,14H,2,5-6H2,1H3,(H,12,15). The van der Waals surface area contributed by atoms with Gasteiger partial charge in [0.1, 0.15) is 11.3 Å². The molecule has 0 spiro atoms. The quantitative estimate of drug-likeness (QED) is 0.467. The van der Waals surface area contributed by atoms with E-state index < -0.39 is 10.8 Å². The van der Waals surface area contributed by atoms with E-state index in [2.05, 4.69) is 5.32 Å². The van der Waals surface area contributed by atoms with Crippen LogP contribution < -0.4 is 5.32 Å². The third-order valence-corrected chi connectivity index (χ3v) is 2.93. The van der Waals surface area contributed by atoms with Crippen molar-refractivity contribution in [2.75, 3.05) is 18.6 Å². The minimum atomic E-state index is -0.643. The van der Waals surface area contributed by atoms with Crippen molar-refractivity contribution in [3.05, 3.63) is 33.9 Å². The number of amides is 1. The highest BCUT2D eigenvalue weighted by atomic mass is 32.2. The first-order chi connectivity index (χ1) is 8.56. The van der Waals surface area contributed by atoms with E-state index in [1.165, 1.54) is 6.07 Å². The molecule has 7 heteroatoms. The molecule has 1 aromatic carbocycles. The molecule has 0 aliphatic rings. The highest BCUT2D eigenvalue weighted by molar-refractivity contribution is 7.98. The van der Waals surface area contributed by atoms with Crippen molar-refractivity contribution in [3.8, 4) is 5.75 Å². The summed E-state index contributed by atoms with van der Waals surface area (Å²) in [4.78, 5) is 21.9. The number of benzene rings is 1. The number of aromatic hydroxyl groups is 1. The third kappa shape index (κ3) is 3.92. The van der Waals surface area contributed by atoms with Crippen molar-refractivity contribution in [1.29, 1.82) is 0 Å².